The second-order valence-electron chi connectivity index (χ2n) is 3.00. The molecule has 1 aromatic heterocycles. The molecular weight excluding hydrogens is 225 g/mol. The molecule has 0 saturated carbocycles. The predicted molar refractivity (Wildman–Crippen MR) is 55.7 cm³/mol. The van der Waals surface area contributed by atoms with Crippen LogP contribution in [0.1, 0.15) is 17.4 Å². The highest BCUT2D eigenvalue weighted by molar-refractivity contribution is 6.30. The first-order valence-corrected chi connectivity index (χ1v) is 5.02. The number of hydrogen-bond acceptors (Lipinski definition) is 3. The van der Waals surface area contributed by atoms with E-state index in [1.807, 2.05) is 0 Å². The van der Waals surface area contributed by atoms with Crippen molar-refractivity contribution in [3.63, 3.8) is 0 Å². The Morgan fingerprint density at radius 3 is 2.57 bits per heavy atom. The van der Waals surface area contributed by atoms with E-state index in [9.17, 15) is 10.2 Å². The third kappa shape index (κ3) is 2.58. The Hall–Kier alpha value is -0.350. The Morgan fingerprint density at radius 1 is 1.43 bits per heavy atom. The summed E-state index contributed by atoms with van der Waals surface area (Å²) in [5.74, 6) is -0.0502. The molecule has 0 saturated heterocycles. The van der Waals surface area contributed by atoms with Crippen LogP contribution in [0.3, 0.4) is 0 Å². The second kappa shape index (κ2) is 4.94. The highest BCUT2D eigenvalue weighted by atomic mass is 35.5. The van der Waals surface area contributed by atoms with Crippen molar-refractivity contribution in [3.05, 3.63) is 28.5 Å². The summed E-state index contributed by atoms with van der Waals surface area (Å²) in [4.78, 5) is 3.96. The van der Waals surface area contributed by atoms with E-state index in [0.29, 0.717) is 5.56 Å². The Bertz CT molecular complexity index is 320. The van der Waals surface area contributed by atoms with E-state index in [0.717, 1.165) is 5.69 Å². The molecule has 2 unspecified atom stereocenters. The van der Waals surface area contributed by atoms with Gasteiger partial charge in [0.15, 0.2) is 0 Å². The van der Waals surface area contributed by atoms with E-state index >= 15 is 0 Å². The van der Waals surface area contributed by atoms with E-state index in [4.69, 9.17) is 23.2 Å². The molecule has 2 N–H and O–H groups in total. The number of alkyl halides is 1. The van der Waals surface area contributed by atoms with Crippen molar-refractivity contribution in [2.24, 2.45) is 0 Å². The molecule has 0 amide bonds. The van der Waals surface area contributed by atoms with Crippen LogP contribution in [0.25, 0.3) is 0 Å². The van der Waals surface area contributed by atoms with Crippen molar-refractivity contribution < 1.29 is 10.2 Å². The average molecular weight is 236 g/mol. The topological polar surface area (TPSA) is 53.4 Å². The maximum atomic E-state index is 9.60. The molecule has 0 aliphatic rings. The van der Waals surface area contributed by atoms with Gasteiger partial charge < -0.3 is 10.2 Å². The Labute approximate surface area is 92.3 Å². The van der Waals surface area contributed by atoms with Crippen LogP contribution in [0, 0.1) is 6.92 Å². The molecule has 3 nitrogen and oxygen atoms in total. The Morgan fingerprint density at radius 2 is 2.07 bits per heavy atom. The minimum absolute atomic E-state index is 0.0502. The van der Waals surface area contributed by atoms with Crippen molar-refractivity contribution in [1.29, 1.82) is 0 Å². The number of nitrogens with zero attached hydrogens (tertiary/aromatic N) is 1. The SMILES string of the molecule is Cc1ccc(C(O)C(O)CCl)c(Cl)n1. The van der Waals surface area contributed by atoms with Crippen LogP contribution >= 0.6 is 23.2 Å². The number of rotatable bonds is 3. The summed E-state index contributed by atoms with van der Waals surface area (Å²) in [6, 6.07) is 3.34. The normalized spacial score (nSPS) is 15.2. The van der Waals surface area contributed by atoms with E-state index in [2.05, 4.69) is 4.98 Å². The highest BCUT2D eigenvalue weighted by Crippen LogP contribution is 2.24. The molecule has 1 rings (SSSR count). The van der Waals surface area contributed by atoms with Gasteiger partial charge in [0.1, 0.15) is 11.3 Å². The molecule has 1 heterocycles. The zero-order valence-electron chi connectivity index (χ0n) is 7.61. The first-order chi connectivity index (χ1) is 6.56. The number of aryl methyl sites for hydroxylation is 1. The zero-order chi connectivity index (χ0) is 10.7. The molecule has 1 aromatic rings. The maximum absolute atomic E-state index is 9.60. The van der Waals surface area contributed by atoms with Gasteiger partial charge in [0, 0.05) is 11.3 Å². The van der Waals surface area contributed by atoms with Gasteiger partial charge in [-0.25, -0.2) is 4.98 Å². The zero-order valence-corrected chi connectivity index (χ0v) is 9.13. The number of halogens is 2. The second-order valence-corrected chi connectivity index (χ2v) is 3.67. The average Bonchev–Trinajstić information content (AvgIpc) is 2.15. The lowest BCUT2D eigenvalue weighted by atomic mass is 10.1. The summed E-state index contributed by atoms with van der Waals surface area (Å²) < 4.78 is 0. The van der Waals surface area contributed by atoms with E-state index < -0.39 is 12.2 Å². The van der Waals surface area contributed by atoms with Gasteiger partial charge in [0.25, 0.3) is 0 Å². The fourth-order valence-corrected chi connectivity index (χ4v) is 1.52. The van der Waals surface area contributed by atoms with Crippen LogP contribution in [-0.2, 0) is 0 Å². The quantitative estimate of drug-likeness (QED) is 0.620. The molecular formula is C9H11Cl2NO2. The molecule has 0 aliphatic heterocycles. The number of hydrogen-bond donors (Lipinski definition) is 2. The minimum atomic E-state index is -1.09. The van der Waals surface area contributed by atoms with Crippen LogP contribution in [0.2, 0.25) is 5.15 Å². The lowest BCUT2D eigenvalue weighted by Crippen LogP contribution is -2.20. The van der Waals surface area contributed by atoms with Crippen LogP contribution in [-0.4, -0.2) is 27.2 Å². The molecule has 0 bridgehead atoms. The molecule has 5 heteroatoms. The van der Waals surface area contributed by atoms with Crippen molar-refractivity contribution in [2.75, 3.05) is 5.88 Å². The van der Waals surface area contributed by atoms with Gasteiger partial charge in [-0.2, -0.15) is 0 Å². The molecule has 0 aliphatic carbocycles. The minimum Gasteiger partial charge on any atom is -0.389 e. The van der Waals surface area contributed by atoms with Crippen LogP contribution in [0.15, 0.2) is 12.1 Å². The largest absolute Gasteiger partial charge is 0.389 e. The number of aliphatic hydroxyl groups is 2. The molecule has 78 valence electrons. The molecule has 2 atom stereocenters. The summed E-state index contributed by atoms with van der Waals surface area (Å²) >= 11 is 11.2. The fraction of sp³-hybridized carbons (Fsp3) is 0.444. The lowest BCUT2D eigenvalue weighted by Gasteiger charge is -2.16. The Kier molecular flexibility index (Phi) is 4.13. The number of pyridine rings is 1. The van der Waals surface area contributed by atoms with E-state index in [-0.39, 0.29) is 11.0 Å². The van der Waals surface area contributed by atoms with Gasteiger partial charge in [-0.05, 0) is 13.0 Å². The van der Waals surface area contributed by atoms with Crippen molar-refractivity contribution >= 4 is 23.2 Å². The van der Waals surface area contributed by atoms with Gasteiger partial charge in [-0.3, -0.25) is 0 Å². The summed E-state index contributed by atoms with van der Waals surface area (Å²) in [5, 5.41) is 19.1. The first kappa shape index (κ1) is 11.7. The number of aromatic nitrogens is 1. The summed E-state index contributed by atoms with van der Waals surface area (Å²) in [6.07, 6.45) is -2.12. The highest BCUT2D eigenvalue weighted by Gasteiger charge is 2.20. The Balaban J connectivity index is 2.95. The standard InChI is InChI=1S/C9H11Cl2NO2/c1-5-2-3-6(9(11)12-5)8(14)7(13)4-10/h2-3,7-8,13-14H,4H2,1H3. The third-order valence-corrected chi connectivity index (χ3v) is 2.48. The fourth-order valence-electron chi connectivity index (χ4n) is 1.05. The molecule has 14 heavy (non-hydrogen) atoms. The predicted octanol–water partition coefficient (Wildman–Crippen LogP) is 1.68. The van der Waals surface area contributed by atoms with Crippen LogP contribution in [0.5, 0.6) is 0 Å². The summed E-state index contributed by atoms with van der Waals surface area (Å²) in [7, 11) is 0. The lowest BCUT2D eigenvalue weighted by molar-refractivity contribution is 0.0325. The smallest absolute Gasteiger partial charge is 0.135 e. The molecule has 0 aromatic carbocycles. The molecule has 0 fully saturated rings. The maximum Gasteiger partial charge on any atom is 0.135 e. The summed E-state index contributed by atoms with van der Waals surface area (Å²) in [5.41, 5.74) is 1.15. The summed E-state index contributed by atoms with van der Waals surface area (Å²) in [6.45, 7) is 1.79. The van der Waals surface area contributed by atoms with Crippen molar-refractivity contribution in [1.82, 2.24) is 4.98 Å². The van der Waals surface area contributed by atoms with Gasteiger partial charge in [0.05, 0.1) is 12.0 Å². The monoisotopic (exact) mass is 235 g/mol. The van der Waals surface area contributed by atoms with Gasteiger partial charge in [-0.15, -0.1) is 11.6 Å². The molecule has 0 spiro atoms. The molecule has 0 radical (unpaired) electrons. The van der Waals surface area contributed by atoms with Crippen molar-refractivity contribution in [2.45, 2.75) is 19.1 Å². The van der Waals surface area contributed by atoms with Crippen LogP contribution in [0.4, 0.5) is 0 Å². The van der Waals surface area contributed by atoms with Crippen LogP contribution < -0.4 is 0 Å². The van der Waals surface area contributed by atoms with Gasteiger partial charge in [0.2, 0.25) is 0 Å². The third-order valence-electron chi connectivity index (χ3n) is 1.86. The van der Waals surface area contributed by atoms with Gasteiger partial charge >= 0.3 is 0 Å². The van der Waals surface area contributed by atoms with Gasteiger partial charge in [-0.1, -0.05) is 17.7 Å². The first-order valence-electron chi connectivity index (χ1n) is 4.11. The number of aliphatic hydroxyl groups excluding tert-OH is 2. The van der Waals surface area contributed by atoms with E-state index in [1.54, 1.807) is 19.1 Å². The van der Waals surface area contributed by atoms with Crippen molar-refractivity contribution in [3.8, 4) is 0 Å². The van der Waals surface area contributed by atoms with E-state index in [1.165, 1.54) is 0 Å².